The van der Waals surface area contributed by atoms with Gasteiger partial charge in [0.25, 0.3) is 0 Å². The molecule has 1 aromatic carbocycles. The van der Waals surface area contributed by atoms with Crippen molar-refractivity contribution < 1.29 is 22.4 Å². The van der Waals surface area contributed by atoms with Crippen molar-refractivity contribution >= 4 is 5.78 Å². The van der Waals surface area contributed by atoms with E-state index in [0.29, 0.717) is 5.56 Å². The van der Waals surface area contributed by atoms with Gasteiger partial charge in [-0.05, 0) is 17.7 Å². The smallest absolute Gasteiger partial charge is 0.299 e. The highest BCUT2D eigenvalue weighted by Gasteiger charge is 2.27. The lowest BCUT2D eigenvalue weighted by Gasteiger charge is -2.05. The van der Waals surface area contributed by atoms with E-state index in [1.807, 2.05) is 0 Å². The van der Waals surface area contributed by atoms with Gasteiger partial charge in [0.05, 0.1) is 6.42 Å². The van der Waals surface area contributed by atoms with Crippen LogP contribution in [-0.4, -0.2) is 12.0 Å². The topological polar surface area (TPSA) is 17.1 Å². The minimum atomic E-state index is -4.31. The first-order valence-electron chi connectivity index (χ1n) is 4.70. The van der Waals surface area contributed by atoms with Crippen LogP contribution in [0.15, 0.2) is 24.3 Å². The SMILES string of the molecule is O=C(CCC(F)(F)F)Cc1ccc(F)cc1. The molecule has 0 fully saturated rings. The lowest BCUT2D eigenvalue weighted by Crippen LogP contribution is -2.12. The van der Waals surface area contributed by atoms with Crippen LogP contribution in [0.25, 0.3) is 0 Å². The molecule has 0 aromatic heterocycles. The first-order valence-corrected chi connectivity index (χ1v) is 4.70. The Kier molecular flexibility index (Phi) is 4.04. The molecule has 16 heavy (non-hydrogen) atoms. The lowest BCUT2D eigenvalue weighted by atomic mass is 10.1. The van der Waals surface area contributed by atoms with Crippen LogP contribution in [0.3, 0.4) is 0 Å². The van der Waals surface area contributed by atoms with E-state index in [-0.39, 0.29) is 6.42 Å². The molecule has 1 rings (SSSR count). The molecule has 0 unspecified atom stereocenters. The molecule has 0 spiro atoms. The molecule has 0 saturated heterocycles. The number of ketones is 1. The molecule has 0 saturated carbocycles. The van der Waals surface area contributed by atoms with Gasteiger partial charge in [-0.3, -0.25) is 4.79 Å². The van der Waals surface area contributed by atoms with Crippen LogP contribution < -0.4 is 0 Å². The second-order valence-electron chi connectivity index (χ2n) is 3.46. The second-order valence-corrected chi connectivity index (χ2v) is 3.46. The van der Waals surface area contributed by atoms with Crippen molar-refractivity contribution in [2.45, 2.75) is 25.4 Å². The average molecular weight is 234 g/mol. The number of carbonyl (C=O) groups is 1. The molecule has 0 aliphatic rings. The summed E-state index contributed by atoms with van der Waals surface area (Å²) in [6.45, 7) is 0. The number of alkyl halides is 3. The number of hydrogen-bond acceptors (Lipinski definition) is 1. The quantitative estimate of drug-likeness (QED) is 0.730. The standard InChI is InChI=1S/C11H10F4O/c12-9-3-1-8(2-4-9)7-10(16)5-6-11(13,14)15/h1-4H,5-7H2. The molecule has 0 aliphatic heterocycles. The number of halogens is 4. The predicted octanol–water partition coefficient (Wildman–Crippen LogP) is 3.28. The Morgan fingerprint density at radius 2 is 1.69 bits per heavy atom. The number of carbonyl (C=O) groups excluding carboxylic acids is 1. The van der Waals surface area contributed by atoms with Gasteiger partial charge in [-0.1, -0.05) is 12.1 Å². The summed E-state index contributed by atoms with van der Waals surface area (Å²) < 4.78 is 47.9. The van der Waals surface area contributed by atoms with Crippen LogP contribution in [0.5, 0.6) is 0 Å². The second kappa shape index (κ2) is 5.09. The minimum absolute atomic E-state index is 0.0869. The van der Waals surface area contributed by atoms with Gasteiger partial charge in [0.2, 0.25) is 0 Å². The van der Waals surface area contributed by atoms with Gasteiger partial charge in [0.15, 0.2) is 0 Å². The normalized spacial score (nSPS) is 11.5. The van der Waals surface area contributed by atoms with Gasteiger partial charge in [0.1, 0.15) is 11.6 Å². The monoisotopic (exact) mass is 234 g/mol. The van der Waals surface area contributed by atoms with Crippen LogP contribution in [0, 0.1) is 5.82 Å². The highest BCUT2D eigenvalue weighted by molar-refractivity contribution is 5.80. The van der Waals surface area contributed by atoms with Gasteiger partial charge >= 0.3 is 6.18 Å². The first-order chi connectivity index (χ1) is 7.37. The van der Waals surface area contributed by atoms with E-state index in [1.54, 1.807) is 0 Å². The number of hydrogen-bond donors (Lipinski definition) is 0. The van der Waals surface area contributed by atoms with E-state index in [9.17, 15) is 22.4 Å². The Bertz CT molecular complexity index is 353. The van der Waals surface area contributed by atoms with E-state index in [4.69, 9.17) is 0 Å². The lowest BCUT2D eigenvalue weighted by molar-refractivity contribution is -0.143. The summed E-state index contributed by atoms with van der Waals surface area (Å²) in [6, 6.07) is 5.13. The zero-order valence-electron chi connectivity index (χ0n) is 8.35. The molecular formula is C11H10F4O. The van der Waals surface area contributed by atoms with Crippen LogP contribution in [0.4, 0.5) is 17.6 Å². The summed E-state index contributed by atoms with van der Waals surface area (Å²) in [5.41, 5.74) is 0.522. The molecule has 0 heterocycles. The van der Waals surface area contributed by atoms with Crippen molar-refractivity contribution in [3.05, 3.63) is 35.6 Å². The molecule has 88 valence electrons. The number of rotatable bonds is 4. The van der Waals surface area contributed by atoms with Gasteiger partial charge in [-0.2, -0.15) is 13.2 Å². The Morgan fingerprint density at radius 1 is 1.12 bits per heavy atom. The van der Waals surface area contributed by atoms with Crippen molar-refractivity contribution in [3.63, 3.8) is 0 Å². The third-order valence-corrected chi connectivity index (χ3v) is 2.00. The largest absolute Gasteiger partial charge is 0.389 e. The third-order valence-electron chi connectivity index (χ3n) is 2.00. The van der Waals surface area contributed by atoms with Crippen molar-refractivity contribution in [2.75, 3.05) is 0 Å². The summed E-state index contributed by atoms with van der Waals surface area (Å²) in [5.74, 6) is -0.935. The Hall–Kier alpha value is -1.39. The van der Waals surface area contributed by atoms with Crippen LogP contribution in [-0.2, 0) is 11.2 Å². The molecule has 0 amide bonds. The molecule has 1 aromatic rings. The Labute approximate surface area is 90.1 Å². The first kappa shape index (κ1) is 12.7. The number of Topliss-reactive ketones (excluding diaryl/α,β-unsaturated/α-hetero) is 1. The van der Waals surface area contributed by atoms with Crippen molar-refractivity contribution in [3.8, 4) is 0 Å². The zero-order valence-corrected chi connectivity index (χ0v) is 8.35. The summed E-state index contributed by atoms with van der Waals surface area (Å²) >= 11 is 0. The summed E-state index contributed by atoms with van der Waals surface area (Å²) in [7, 11) is 0. The summed E-state index contributed by atoms with van der Waals surface area (Å²) in [6.07, 6.45) is -6.03. The van der Waals surface area contributed by atoms with Crippen LogP contribution >= 0.6 is 0 Å². The Balaban J connectivity index is 2.43. The fourth-order valence-electron chi connectivity index (χ4n) is 1.20. The maximum Gasteiger partial charge on any atom is 0.389 e. The predicted molar refractivity (Wildman–Crippen MR) is 50.4 cm³/mol. The third kappa shape index (κ3) is 4.91. The van der Waals surface area contributed by atoms with Gasteiger partial charge in [0, 0.05) is 12.8 Å². The summed E-state index contributed by atoms with van der Waals surface area (Å²) in [4.78, 5) is 11.2. The van der Waals surface area contributed by atoms with E-state index >= 15 is 0 Å². The average Bonchev–Trinajstić information content (AvgIpc) is 2.18. The molecule has 0 bridgehead atoms. The van der Waals surface area contributed by atoms with Crippen LogP contribution in [0.1, 0.15) is 18.4 Å². The van der Waals surface area contributed by atoms with E-state index in [0.717, 1.165) is 0 Å². The van der Waals surface area contributed by atoms with E-state index in [1.165, 1.54) is 24.3 Å². The minimum Gasteiger partial charge on any atom is -0.299 e. The molecule has 0 aliphatic carbocycles. The van der Waals surface area contributed by atoms with E-state index < -0.39 is 30.6 Å². The van der Waals surface area contributed by atoms with Gasteiger partial charge in [-0.15, -0.1) is 0 Å². The van der Waals surface area contributed by atoms with Gasteiger partial charge in [-0.25, -0.2) is 4.39 Å². The molecular weight excluding hydrogens is 224 g/mol. The fourth-order valence-corrected chi connectivity index (χ4v) is 1.20. The molecule has 0 atom stereocenters. The van der Waals surface area contributed by atoms with E-state index in [2.05, 4.69) is 0 Å². The van der Waals surface area contributed by atoms with Crippen molar-refractivity contribution in [2.24, 2.45) is 0 Å². The maximum absolute atomic E-state index is 12.5. The van der Waals surface area contributed by atoms with Crippen molar-refractivity contribution in [1.82, 2.24) is 0 Å². The zero-order chi connectivity index (χ0) is 12.2. The molecule has 1 nitrogen and oxygen atoms in total. The molecule has 5 heteroatoms. The Morgan fingerprint density at radius 3 is 2.19 bits per heavy atom. The number of benzene rings is 1. The highest BCUT2D eigenvalue weighted by Crippen LogP contribution is 2.21. The summed E-state index contributed by atoms with van der Waals surface area (Å²) in [5, 5.41) is 0. The molecule has 0 radical (unpaired) electrons. The van der Waals surface area contributed by atoms with Crippen molar-refractivity contribution in [1.29, 1.82) is 0 Å². The van der Waals surface area contributed by atoms with Crippen LogP contribution in [0.2, 0.25) is 0 Å². The maximum atomic E-state index is 12.5. The van der Waals surface area contributed by atoms with Gasteiger partial charge < -0.3 is 0 Å². The highest BCUT2D eigenvalue weighted by atomic mass is 19.4. The molecule has 0 N–H and O–H groups in total. The fraction of sp³-hybridized carbons (Fsp3) is 0.364.